The van der Waals surface area contributed by atoms with Gasteiger partial charge in [0.2, 0.25) is 0 Å². The van der Waals surface area contributed by atoms with Crippen LogP contribution in [-0.2, 0) is 7.05 Å². The summed E-state index contributed by atoms with van der Waals surface area (Å²) < 4.78 is 1.72. The molecule has 0 atom stereocenters. The van der Waals surface area contributed by atoms with Crippen molar-refractivity contribution in [3.8, 4) is 22.6 Å². The van der Waals surface area contributed by atoms with Crippen molar-refractivity contribution in [2.75, 3.05) is 5.43 Å². The first-order valence-corrected chi connectivity index (χ1v) is 6.64. The Bertz CT molecular complexity index is 765. The maximum Gasteiger partial charge on any atom is 0.162 e. The second-order valence-corrected chi connectivity index (χ2v) is 4.95. The molecule has 0 unspecified atom stereocenters. The zero-order chi connectivity index (χ0) is 14.8. The Labute approximate surface area is 126 Å². The highest BCUT2D eigenvalue weighted by molar-refractivity contribution is 6.30. The SMILES string of the molecule is Cn1cc(-c2cc(NN)nc(-c3ccc(Cl)cc3)n2)cn1. The lowest BCUT2D eigenvalue weighted by Crippen LogP contribution is -2.09. The standard InChI is InChI=1S/C14H13ClN6/c1-21-8-10(7-17-21)12-6-13(20-16)19-14(18-12)9-2-4-11(15)5-3-9/h2-8H,16H2,1H3,(H,18,19,20). The molecular formula is C14H13ClN6. The van der Waals surface area contributed by atoms with E-state index in [4.69, 9.17) is 17.4 Å². The third kappa shape index (κ3) is 2.86. The maximum absolute atomic E-state index is 5.90. The summed E-state index contributed by atoms with van der Waals surface area (Å²) in [7, 11) is 1.85. The molecule has 0 aliphatic carbocycles. The highest BCUT2D eigenvalue weighted by Crippen LogP contribution is 2.24. The largest absolute Gasteiger partial charge is 0.308 e. The fourth-order valence-corrected chi connectivity index (χ4v) is 2.08. The Morgan fingerprint density at radius 2 is 1.90 bits per heavy atom. The average Bonchev–Trinajstić information content (AvgIpc) is 2.94. The predicted molar refractivity (Wildman–Crippen MR) is 82.5 cm³/mol. The lowest BCUT2D eigenvalue weighted by Gasteiger charge is -2.07. The van der Waals surface area contributed by atoms with Gasteiger partial charge in [-0.05, 0) is 24.3 Å². The van der Waals surface area contributed by atoms with Gasteiger partial charge in [0.1, 0.15) is 5.82 Å². The zero-order valence-electron chi connectivity index (χ0n) is 11.3. The number of benzene rings is 1. The summed E-state index contributed by atoms with van der Waals surface area (Å²) in [6, 6.07) is 9.10. The van der Waals surface area contributed by atoms with Crippen LogP contribution in [0.4, 0.5) is 5.82 Å². The van der Waals surface area contributed by atoms with Crippen LogP contribution in [-0.4, -0.2) is 19.7 Å². The average molecular weight is 301 g/mol. The Morgan fingerprint density at radius 1 is 1.14 bits per heavy atom. The monoisotopic (exact) mass is 300 g/mol. The summed E-state index contributed by atoms with van der Waals surface area (Å²) in [5.41, 5.74) is 5.07. The Kier molecular flexibility index (Phi) is 3.55. The van der Waals surface area contributed by atoms with Crippen molar-refractivity contribution >= 4 is 17.4 Å². The summed E-state index contributed by atoms with van der Waals surface area (Å²) in [4.78, 5) is 8.93. The molecule has 106 valence electrons. The van der Waals surface area contributed by atoms with E-state index in [1.165, 1.54) is 0 Å². The van der Waals surface area contributed by atoms with Crippen LogP contribution in [0.15, 0.2) is 42.7 Å². The van der Waals surface area contributed by atoms with E-state index in [9.17, 15) is 0 Å². The minimum atomic E-state index is 0.536. The number of nitrogens with one attached hydrogen (secondary N) is 1. The molecule has 0 saturated heterocycles. The van der Waals surface area contributed by atoms with Crippen LogP contribution in [0.5, 0.6) is 0 Å². The molecule has 0 bridgehead atoms. The first kappa shape index (κ1) is 13.5. The molecule has 3 rings (SSSR count). The third-order valence-corrected chi connectivity index (χ3v) is 3.23. The molecule has 0 amide bonds. The van der Waals surface area contributed by atoms with E-state index >= 15 is 0 Å². The molecule has 7 heteroatoms. The smallest absolute Gasteiger partial charge is 0.162 e. The van der Waals surface area contributed by atoms with Gasteiger partial charge >= 0.3 is 0 Å². The van der Waals surface area contributed by atoms with Crippen LogP contribution < -0.4 is 11.3 Å². The van der Waals surface area contributed by atoms with E-state index in [1.54, 1.807) is 29.1 Å². The van der Waals surface area contributed by atoms with Crippen molar-refractivity contribution in [2.24, 2.45) is 12.9 Å². The first-order chi connectivity index (χ1) is 10.2. The number of rotatable bonds is 3. The number of nitrogens with two attached hydrogens (primary N) is 1. The van der Waals surface area contributed by atoms with Crippen molar-refractivity contribution in [3.05, 3.63) is 47.7 Å². The van der Waals surface area contributed by atoms with Gasteiger partial charge in [-0.3, -0.25) is 4.68 Å². The van der Waals surface area contributed by atoms with Gasteiger partial charge in [0.25, 0.3) is 0 Å². The molecule has 3 aromatic rings. The van der Waals surface area contributed by atoms with Crippen LogP contribution in [0.1, 0.15) is 0 Å². The van der Waals surface area contributed by atoms with Crippen LogP contribution in [0.2, 0.25) is 5.02 Å². The van der Waals surface area contributed by atoms with Gasteiger partial charge in [0.05, 0.1) is 11.9 Å². The van der Waals surface area contributed by atoms with E-state index in [1.807, 2.05) is 25.4 Å². The molecule has 2 heterocycles. The van der Waals surface area contributed by atoms with Crippen molar-refractivity contribution < 1.29 is 0 Å². The predicted octanol–water partition coefficient (Wildman–Crippen LogP) is 2.48. The molecule has 1 aromatic carbocycles. The van der Waals surface area contributed by atoms with Crippen LogP contribution in [0, 0.1) is 0 Å². The molecule has 0 saturated carbocycles. The van der Waals surface area contributed by atoms with Crippen molar-refractivity contribution in [3.63, 3.8) is 0 Å². The summed E-state index contributed by atoms with van der Waals surface area (Å²) in [6.07, 6.45) is 3.63. The first-order valence-electron chi connectivity index (χ1n) is 6.26. The lowest BCUT2D eigenvalue weighted by atomic mass is 10.2. The number of hydrazine groups is 1. The molecule has 0 aliphatic rings. The van der Waals surface area contributed by atoms with Crippen LogP contribution in [0.3, 0.4) is 0 Å². The maximum atomic E-state index is 5.90. The molecule has 0 fully saturated rings. The second kappa shape index (κ2) is 5.51. The molecule has 0 spiro atoms. The number of halogens is 1. The molecule has 0 aliphatic heterocycles. The zero-order valence-corrected chi connectivity index (χ0v) is 12.0. The Morgan fingerprint density at radius 3 is 2.52 bits per heavy atom. The van der Waals surface area contributed by atoms with Gasteiger partial charge < -0.3 is 5.43 Å². The Hall–Kier alpha value is -2.44. The number of aryl methyl sites for hydroxylation is 1. The van der Waals surface area contributed by atoms with Crippen molar-refractivity contribution in [1.29, 1.82) is 0 Å². The minimum Gasteiger partial charge on any atom is -0.308 e. The van der Waals surface area contributed by atoms with E-state index in [2.05, 4.69) is 20.5 Å². The summed E-state index contributed by atoms with van der Waals surface area (Å²) >= 11 is 5.90. The van der Waals surface area contributed by atoms with Gasteiger partial charge in [-0.2, -0.15) is 5.10 Å². The highest BCUT2D eigenvalue weighted by Gasteiger charge is 2.09. The van der Waals surface area contributed by atoms with Gasteiger partial charge in [-0.1, -0.05) is 11.6 Å². The normalized spacial score (nSPS) is 10.6. The number of nitrogens with zero attached hydrogens (tertiary/aromatic N) is 4. The highest BCUT2D eigenvalue weighted by atomic mass is 35.5. The lowest BCUT2D eigenvalue weighted by molar-refractivity contribution is 0.768. The molecule has 3 N–H and O–H groups in total. The minimum absolute atomic E-state index is 0.536. The fraction of sp³-hybridized carbons (Fsp3) is 0.0714. The number of nitrogen functional groups attached to an aromatic ring is 1. The third-order valence-electron chi connectivity index (χ3n) is 2.98. The molecule has 6 nitrogen and oxygen atoms in total. The van der Waals surface area contributed by atoms with E-state index in [0.29, 0.717) is 16.7 Å². The summed E-state index contributed by atoms with van der Waals surface area (Å²) in [5.74, 6) is 6.60. The number of aromatic nitrogens is 4. The topological polar surface area (TPSA) is 81.7 Å². The number of hydrogen-bond acceptors (Lipinski definition) is 5. The van der Waals surface area contributed by atoms with Gasteiger partial charge in [0, 0.05) is 35.5 Å². The molecular weight excluding hydrogens is 288 g/mol. The van der Waals surface area contributed by atoms with Gasteiger partial charge in [-0.15, -0.1) is 0 Å². The van der Waals surface area contributed by atoms with E-state index in [-0.39, 0.29) is 0 Å². The quantitative estimate of drug-likeness (QED) is 0.573. The Balaban J connectivity index is 2.10. The molecule has 2 aromatic heterocycles. The molecule has 0 radical (unpaired) electrons. The summed E-state index contributed by atoms with van der Waals surface area (Å²) in [6.45, 7) is 0. The van der Waals surface area contributed by atoms with E-state index in [0.717, 1.165) is 16.8 Å². The van der Waals surface area contributed by atoms with Crippen molar-refractivity contribution in [2.45, 2.75) is 0 Å². The number of anilines is 1. The van der Waals surface area contributed by atoms with Crippen molar-refractivity contribution in [1.82, 2.24) is 19.7 Å². The number of hydrogen-bond donors (Lipinski definition) is 2. The molecule has 21 heavy (non-hydrogen) atoms. The van der Waals surface area contributed by atoms with Gasteiger partial charge in [-0.25, -0.2) is 15.8 Å². The fourth-order valence-electron chi connectivity index (χ4n) is 1.95. The van der Waals surface area contributed by atoms with E-state index < -0.39 is 0 Å². The van der Waals surface area contributed by atoms with Crippen LogP contribution >= 0.6 is 11.6 Å². The van der Waals surface area contributed by atoms with Gasteiger partial charge in [0.15, 0.2) is 5.82 Å². The second-order valence-electron chi connectivity index (χ2n) is 4.52. The van der Waals surface area contributed by atoms with Crippen LogP contribution in [0.25, 0.3) is 22.6 Å². The summed E-state index contributed by atoms with van der Waals surface area (Å²) in [5, 5.41) is 4.82.